The van der Waals surface area contributed by atoms with Crippen molar-refractivity contribution in [3.05, 3.63) is 63.9 Å². The summed E-state index contributed by atoms with van der Waals surface area (Å²) in [7, 11) is 1.29. The van der Waals surface area contributed by atoms with E-state index in [1.54, 1.807) is 41.8 Å². The summed E-state index contributed by atoms with van der Waals surface area (Å²) >= 11 is 1.20. The minimum atomic E-state index is -0.735. The molecule has 134 valence electrons. The number of esters is 2. The van der Waals surface area contributed by atoms with Gasteiger partial charge in [0.1, 0.15) is 0 Å². The van der Waals surface area contributed by atoms with E-state index in [2.05, 4.69) is 10.1 Å². The standard InChI is InChI=1S/C18H15NO6S/c1-24-18(23)13-7-4-12(5-8-13)6-9-16(21)25-11-15(20)19-17(22)14-3-2-10-26-14/h2-10H,11H2,1H3,(H,19,20,22)/b9-6+. The second-order valence-corrected chi connectivity index (χ2v) is 5.86. The molecule has 2 rings (SSSR count). The molecule has 0 radical (unpaired) electrons. The van der Waals surface area contributed by atoms with Gasteiger partial charge in [0, 0.05) is 6.08 Å². The highest BCUT2D eigenvalue weighted by Crippen LogP contribution is 2.08. The van der Waals surface area contributed by atoms with Gasteiger partial charge < -0.3 is 9.47 Å². The summed E-state index contributed by atoms with van der Waals surface area (Å²) in [6, 6.07) is 9.63. The molecule has 0 bridgehead atoms. The van der Waals surface area contributed by atoms with Gasteiger partial charge in [-0.3, -0.25) is 14.9 Å². The van der Waals surface area contributed by atoms with Crippen molar-refractivity contribution in [3.8, 4) is 0 Å². The van der Waals surface area contributed by atoms with Gasteiger partial charge in [-0.15, -0.1) is 11.3 Å². The summed E-state index contributed by atoms with van der Waals surface area (Å²) in [6.45, 7) is -0.568. The van der Waals surface area contributed by atoms with E-state index < -0.39 is 30.4 Å². The molecular formula is C18H15NO6S. The van der Waals surface area contributed by atoms with E-state index in [4.69, 9.17) is 4.74 Å². The van der Waals surface area contributed by atoms with Gasteiger partial charge in [0.2, 0.25) is 0 Å². The van der Waals surface area contributed by atoms with Gasteiger partial charge >= 0.3 is 11.9 Å². The highest BCUT2D eigenvalue weighted by atomic mass is 32.1. The van der Waals surface area contributed by atoms with Crippen LogP contribution in [0, 0.1) is 0 Å². The van der Waals surface area contributed by atoms with Crippen molar-refractivity contribution in [2.75, 3.05) is 13.7 Å². The van der Waals surface area contributed by atoms with Crippen molar-refractivity contribution in [2.24, 2.45) is 0 Å². The molecule has 1 aromatic heterocycles. The van der Waals surface area contributed by atoms with Crippen LogP contribution in [0.4, 0.5) is 0 Å². The van der Waals surface area contributed by atoms with Crippen LogP contribution < -0.4 is 5.32 Å². The molecule has 0 atom stereocenters. The largest absolute Gasteiger partial charge is 0.465 e. The van der Waals surface area contributed by atoms with Crippen molar-refractivity contribution in [3.63, 3.8) is 0 Å². The molecule has 0 fully saturated rings. The third kappa shape index (κ3) is 5.67. The van der Waals surface area contributed by atoms with Crippen molar-refractivity contribution in [2.45, 2.75) is 0 Å². The number of methoxy groups -OCH3 is 1. The monoisotopic (exact) mass is 373 g/mol. The molecule has 0 aliphatic heterocycles. The molecule has 0 aliphatic carbocycles. The average Bonchev–Trinajstić information content (AvgIpc) is 3.19. The zero-order valence-electron chi connectivity index (χ0n) is 13.8. The van der Waals surface area contributed by atoms with E-state index in [9.17, 15) is 19.2 Å². The molecule has 0 unspecified atom stereocenters. The normalized spacial score (nSPS) is 10.3. The van der Waals surface area contributed by atoms with Crippen LogP contribution >= 0.6 is 11.3 Å². The Bertz CT molecular complexity index is 824. The Hall–Kier alpha value is -3.26. The van der Waals surface area contributed by atoms with Crippen LogP contribution in [0.25, 0.3) is 6.08 Å². The van der Waals surface area contributed by atoms with E-state index in [-0.39, 0.29) is 0 Å². The Morgan fingerprint density at radius 2 is 1.85 bits per heavy atom. The quantitative estimate of drug-likeness (QED) is 0.615. The van der Waals surface area contributed by atoms with Gasteiger partial charge in [0.25, 0.3) is 11.8 Å². The number of imide groups is 1. The molecular weight excluding hydrogens is 358 g/mol. The van der Waals surface area contributed by atoms with Gasteiger partial charge in [0.15, 0.2) is 6.61 Å². The lowest BCUT2D eigenvalue weighted by Crippen LogP contribution is -2.33. The Morgan fingerprint density at radius 1 is 1.12 bits per heavy atom. The summed E-state index contributed by atoms with van der Waals surface area (Å²) in [4.78, 5) is 46.6. The predicted octanol–water partition coefficient (Wildman–Crippen LogP) is 2.05. The maximum Gasteiger partial charge on any atom is 0.337 e. The number of rotatable bonds is 6. The maximum atomic E-state index is 11.7. The lowest BCUT2D eigenvalue weighted by atomic mass is 10.1. The van der Waals surface area contributed by atoms with Gasteiger partial charge in [0.05, 0.1) is 17.6 Å². The zero-order chi connectivity index (χ0) is 18.9. The molecule has 1 heterocycles. The SMILES string of the molecule is COC(=O)c1ccc(/C=C/C(=O)OCC(=O)NC(=O)c2cccs2)cc1. The van der Waals surface area contributed by atoms with E-state index in [0.29, 0.717) is 16.0 Å². The minimum absolute atomic E-state index is 0.388. The Labute approximate surface area is 153 Å². The predicted molar refractivity (Wildman–Crippen MR) is 94.6 cm³/mol. The molecule has 0 saturated heterocycles. The Balaban J connectivity index is 1.79. The number of amides is 2. The van der Waals surface area contributed by atoms with E-state index in [0.717, 1.165) is 6.08 Å². The summed E-state index contributed by atoms with van der Waals surface area (Å²) in [5.74, 6) is -2.45. The average molecular weight is 373 g/mol. The summed E-state index contributed by atoms with van der Waals surface area (Å²) in [5, 5.41) is 3.83. The number of nitrogens with one attached hydrogen (secondary N) is 1. The second kappa shape index (κ2) is 9.28. The summed E-state index contributed by atoms with van der Waals surface area (Å²) < 4.78 is 9.35. The topological polar surface area (TPSA) is 98.8 Å². The fraction of sp³-hybridized carbons (Fsp3) is 0.111. The third-order valence-corrected chi connectivity index (χ3v) is 3.96. The first-order chi connectivity index (χ1) is 12.5. The first-order valence-electron chi connectivity index (χ1n) is 7.40. The summed E-state index contributed by atoms with van der Waals surface area (Å²) in [6.07, 6.45) is 2.61. The second-order valence-electron chi connectivity index (χ2n) is 4.91. The van der Waals surface area contributed by atoms with E-state index in [1.165, 1.54) is 24.5 Å². The molecule has 1 N–H and O–H groups in total. The van der Waals surface area contributed by atoms with Crippen molar-refractivity contribution < 1.29 is 28.7 Å². The van der Waals surface area contributed by atoms with Crippen LogP contribution in [0.5, 0.6) is 0 Å². The van der Waals surface area contributed by atoms with Crippen LogP contribution in [-0.4, -0.2) is 37.5 Å². The van der Waals surface area contributed by atoms with Crippen LogP contribution in [0.2, 0.25) is 0 Å². The third-order valence-electron chi connectivity index (χ3n) is 3.09. The number of hydrogen-bond donors (Lipinski definition) is 1. The first kappa shape index (κ1) is 19.1. The molecule has 2 aromatic rings. The van der Waals surface area contributed by atoms with Crippen molar-refractivity contribution in [1.29, 1.82) is 0 Å². The maximum absolute atomic E-state index is 11.7. The number of carbonyl (C=O) groups is 4. The van der Waals surface area contributed by atoms with Crippen molar-refractivity contribution in [1.82, 2.24) is 5.32 Å². The fourth-order valence-corrected chi connectivity index (χ4v) is 2.45. The van der Waals surface area contributed by atoms with Gasteiger partial charge in [-0.05, 0) is 35.2 Å². The molecule has 26 heavy (non-hydrogen) atoms. The molecule has 0 spiro atoms. The fourth-order valence-electron chi connectivity index (χ4n) is 1.83. The van der Waals surface area contributed by atoms with Crippen molar-refractivity contribution >= 4 is 41.2 Å². The Kier molecular flexibility index (Phi) is 6.81. The lowest BCUT2D eigenvalue weighted by molar-refractivity contribution is -0.143. The smallest absolute Gasteiger partial charge is 0.337 e. The molecule has 1 aromatic carbocycles. The number of ether oxygens (including phenoxy) is 2. The van der Waals surface area contributed by atoms with Crippen LogP contribution in [-0.2, 0) is 19.1 Å². The van der Waals surface area contributed by atoms with Gasteiger partial charge in [-0.1, -0.05) is 18.2 Å². The van der Waals surface area contributed by atoms with Crippen LogP contribution in [0.15, 0.2) is 47.9 Å². The van der Waals surface area contributed by atoms with E-state index in [1.807, 2.05) is 0 Å². The minimum Gasteiger partial charge on any atom is -0.465 e. The lowest BCUT2D eigenvalue weighted by Gasteiger charge is -2.03. The van der Waals surface area contributed by atoms with E-state index >= 15 is 0 Å². The molecule has 0 aliphatic rings. The zero-order valence-corrected chi connectivity index (χ0v) is 14.6. The number of benzene rings is 1. The highest BCUT2D eigenvalue weighted by Gasteiger charge is 2.12. The molecule has 0 saturated carbocycles. The number of hydrogen-bond acceptors (Lipinski definition) is 7. The molecule has 2 amide bonds. The number of thiophene rings is 1. The molecule has 7 nitrogen and oxygen atoms in total. The summed E-state index contributed by atoms with van der Waals surface area (Å²) in [5.41, 5.74) is 1.05. The van der Waals surface area contributed by atoms with Crippen LogP contribution in [0.1, 0.15) is 25.6 Å². The first-order valence-corrected chi connectivity index (χ1v) is 8.28. The van der Waals surface area contributed by atoms with Gasteiger partial charge in [-0.25, -0.2) is 9.59 Å². The molecule has 8 heteroatoms. The Morgan fingerprint density at radius 3 is 2.46 bits per heavy atom. The van der Waals surface area contributed by atoms with Gasteiger partial charge in [-0.2, -0.15) is 0 Å². The van der Waals surface area contributed by atoms with Crippen LogP contribution in [0.3, 0.4) is 0 Å². The highest BCUT2D eigenvalue weighted by molar-refractivity contribution is 7.12. The number of carbonyl (C=O) groups excluding carboxylic acids is 4.